The smallest absolute Gasteiger partial charge is 0.320 e. The lowest BCUT2D eigenvalue weighted by Crippen LogP contribution is -2.38. The molecule has 1 aromatic carbocycles. The van der Waals surface area contributed by atoms with Crippen LogP contribution in [-0.2, 0) is 25.9 Å². The Morgan fingerprint density at radius 1 is 1.21 bits per heavy atom. The fraction of sp³-hybridized carbons (Fsp3) is 0.316. The Labute approximate surface area is 169 Å². The lowest BCUT2D eigenvalue weighted by Gasteiger charge is -2.26. The van der Waals surface area contributed by atoms with Crippen LogP contribution >= 0.6 is 11.3 Å². The number of anilines is 1. The summed E-state index contributed by atoms with van der Waals surface area (Å²) in [4.78, 5) is 42.8. The molecule has 0 fully saturated rings. The Morgan fingerprint density at radius 2 is 2.00 bits per heavy atom. The maximum atomic E-state index is 12.4. The van der Waals surface area contributed by atoms with Crippen molar-refractivity contribution in [2.75, 3.05) is 11.9 Å². The number of fused-ring (bicyclic) bond motifs is 1. The largest absolute Gasteiger partial charge is 0.325 e. The number of nitrogens with one attached hydrogen (secondary N) is 3. The van der Waals surface area contributed by atoms with E-state index in [1.54, 1.807) is 0 Å². The molecule has 10 heteroatoms. The van der Waals surface area contributed by atoms with Gasteiger partial charge in [0.25, 0.3) is 11.5 Å². The molecule has 0 spiro atoms. The van der Waals surface area contributed by atoms with Gasteiger partial charge in [-0.15, -0.1) is 10.2 Å². The van der Waals surface area contributed by atoms with E-state index in [1.165, 1.54) is 16.9 Å². The Balaban J connectivity index is 1.40. The Kier molecular flexibility index (Phi) is 5.36. The van der Waals surface area contributed by atoms with Crippen molar-refractivity contribution in [2.24, 2.45) is 0 Å². The van der Waals surface area contributed by atoms with Crippen molar-refractivity contribution in [3.05, 3.63) is 71.9 Å². The molecule has 1 aliphatic heterocycles. The molecule has 1 aliphatic rings. The second-order valence-corrected chi connectivity index (χ2v) is 7.89. The summed E-state index contributed by atoms with van der Waals surface area (Å²) in [6, 6.07) is 7.69. The van der Waals surface area contributed by atoms with Gasteiger partial charge in [0.2, 0.25) is 5.01 Å². The second kappa shape index (κ2) is 8.10. The van der Waals surface area contributed by atoms with Crippen molar-refractivity contribution in [1.29, 1.82) is 0 Å². The van der Waals surface area contributed by atoms with E-state index in [0.717, 1.165) is 6.42 Å². The minimum atomic E-state index is -0.502. The third kappa shape index (κ3) is 4.33. The van der Waals surface area contributed by atoms with Gasteiger partial charge in [-0.05, 0) is 30.5 Å². The minimum absolute atomic E-state index is 0.293. The van der Waals surface area contributed by atoms with Crippen LogP contribution in [0.15, 0.2) is 33.9 Å². The van der Waals surface area contributed by atoms with Crippen LogP contribution in [0, 0.1) is 0 Å². The molecule has 3 N–H and O–H groups in total. The number of benzene rings is 1. The molecule has 0 saturated heterocycles. The van der Waals surface area contributed by atoms with Gasteiger partial charge in [-0.1, -0.05) is 30.4 Å². The number of aromatic nitrogens is 4. The number of hydrogen-bond acceptors (Lipinski definition) is 7. The normalized spacial score (nSPS) is 13.8. The summed E-state index contributed by atoms with van der Waals surface area (Å²) >= 11 is 1.23. The summed E-state index contributed by atoms with van der Waals surface area (Å²) in [5.74, 6) is -0.294. The van der Waals surface area contributed by atoms with Crippen LogP contribution in [0.25, 0.3) is 0 Å². The summed E-state index contributed by atoms with van der Waals surface area (Å²) in [5.41, 5.74) is 2.33. The predicted octanol–water partition coefficient (Wildman–Crippen LogP) is 1.29. The molecule has 3 heterocycles. The summed E-state index contributed by atoms with van der Waals surface area (Å²) in [7, 11) is 0. The Bertz CT molecular complexity index is 1150. The molecular formula is C19H20N6O3S. The molecule has 0 radical (unpaired) electrons. The molecule has 0 bridgehead atoms. The zero-order chi connectivity index (χ0) is 20.4. The van der Waals surface area contributed by atoms with E-state index < -0.39 is 5.69 Å². The number of hydrogen-bond donors (Lipinski definition) is 3. The molecule has 9 nitrogen and oxygen atoms in total. The van der Waals surface area contributed by atoms with E-state index in [9.17, 15) is 14.4 Å². The molecule has 2 aromatic heterocycles. The van der Waals surface area contributed by atoms with Crippen molar-refractivity contribution in [2.45, 2.75) is 32.9 Å². The average Bonchev–Trinajstić information content (AvgIpc) is 3.17. The summed E-state index contributed by atoms with van der Waals surface area (Å²) in [6.07, 6.45) is 1.48. The topological polar surface area (TPSA) is 124 Å². The lowest BCUT2D eigenvalue weighted by atomic mass is 10.1. The van der Waals surface area contributed by atoms with Crippen LogP contribution in [0.2, 0.25) is 0 Å². The number of amides is 1. The van der Waals surface area contributed by atoms with Gasteiger partial charge in [-0.3, -0.25) is 19.5 Å². The Hall–Kier alpha value is -3.11. The van der Waals surface area contributed by atoms with Crippen LogP contribution in [-0.4, -0.2) is 37.5 Å². The third-order valence-corrected chi connectivity index (χ3v) is 5.74. The predicted molar refractivity (Wildman–Crippen MR) is 109 cm³/mol. The van der Waals surface area contributed by atoms with Gasteiger partial charge in [0.05, 0.1) is 6.54 Å². The van der Waals surface area contributed by atoms with Crippen LogP contribution in [0.1, 0.15) is 38.6 Å². The van der Waals surface area contributed by atoms with Crippen LogP contribution in [0.3, 0.4) is 0 Å². The molecule has 3 aromatic rings. The first-order valence-electron chi connectivity index (χ1n) is 9.31. The first-order chi connectivity index (χ1) is 14.0. The average molecular weight is 412 g/mol. The second-order valence-electron chi connectivity index (χ2n) is 6.83. The van der Waals surface area contributed by atoms with Crippen LogP contribution in [0.4, 0.5) is 5.69 Å². The number of carbonyl (C=O) groups is 1. The van der Waals surface area contributed by atoms with Crippen LogP contribution < -0.4 is 16.6 Å². The maximum absolute atomic E-state index is 12.4. The highest BCUT2D eigenvalue weighted by atomic mass is 32.1. The standard InChI is InChI=1S/C19H20N6O3S/c1-2-11-3-5-12(6-4-11)20-17(27)18-24-23-15(29-18)10-25-8-7-13-14(9-25)21-19(28)22-16(13)26/h3-6H,2,7-10H2,1H3,(H,20,27)(H2,21,22,26,28). The molecule has 4 rings (SSSR count). The van der Waals surface area contributed by atoms with E-state index in [1.807, 2.05) is 24.3 Å². The maximum Gasteiger partial charge on any atom is 0.325 e. The molecule has 29 heavy (non-hydrogen) atoms. The van der Waals surface area contributed by atoms with E-state index in [4.69, 9.17) is 0 Å². The van der Waals surface area contributed by atoms with E-state index >= 15 is 0 Å². The zero-order valence-electron chi connectivity index (χ0n) is 15.8. The number of carbonyl (C=O) groups excluding carboxylic acids is 1. The van der Waals surface area contributed by atoms with E-state index in [-0.39, 0.29) is 11.5 Å². The van der Waals surface area contributed by atoms with E-state index in [2.05, 4.69) is 37.3 Å². The molecule has 0 saturated carbocycles. The van der Waals surface area contributed by atoms with Crippen molar-refractivity contribution in [3.8, 4) is 0 Å². The van der Waals surface area contributed by atoms with Crippen molar-refractivity contribution >= 4 is 22.9 Å². The molecule has 0 aliphatic carbocycles. The van der Waals surface area contributed by atoms with Gasteiger partial charge >= 0.3 is 5.69 Å². The highest BCUT2D eigenvalue weighted by molar-refractivity contribution is 7.13. The Morgan fingerprint density at radius 3 is 2.76 bits per heavy atom. The number of nitrogens with zero attached hydrogens (tertiary/aromatic N) is 3. The van der Waals surface area contributed by atoms with Gasteiger partial charge in [0, 0.05) is 30.0 Å². The van der Waals surface area contributed by atoms with Crippen molar-refractivity contribution in [3.63, 3.8) is 0 Å². The van der Waals surface area contributed by atoms with Gasteiger partial charge in [-0.25, -0.2) is 4.79 Å². The fourth-order valence-electron chi connectivity index (χ4n) is 3.28. The first-order valence-corrected chi connectivity index (χ1v) is 10.1. The minimum Gasteiger partial charge on any atom is -0.320 e. The molecular weight excluding hydrogens is 392 g/mol. The summed E-state index contributed by atoms with van der Waals surface area (Å²) < 4.78 is 0. The van der Waals surface area contributed by atoms with Gasteiger partial charge in [0.15, 0.2) is 0 Å². The summed E-state index contributed by atoms with van der Waals surface area (Å²) in [5, 5.41) is 11.9. The summed E-state index contributed by atoms with van der Waals surface area (Å²) in [6.45, 7) is 3.67. The number of H-pyrrole nitrogens is 2. The number of aromatic amines is 2. The van der Waals surface area contributed by atoms with Crippen molar-refractivity contribution < 1.29 is 4.79 Å². The van der Waals surface area contributed by atoms with E-state index in [0.29, 0.717) is 53.0 Å². The highest BCUT2D eigenvalue weighted by Gasteiger charge is 2.22. The number of rotatable bonds is 5. The molecule has 0 atom stereocenters. The van der Waals surface area contributed by atoms with Gasteiger partial charge < -0.3 is 10.3 Å². The van der Waals surface area contributed by atoms with Crippen LogP contribution in [0.5, 0.6) is 0 Å². The molecule has 150 valence electrons. The van der Waals surface area contributed by atoms with Gasteiger partial charge in [0.1, 0.15) is 5.01 Å². The molecule has 0 unspecified atom stereocenters. The first kappa shape index (κ1) is 19.2. The zero-order valence-corrected chi connectivity index (χ0v) is 16.6. The third-order valence-electron chi connectivity index (χ3n) is 4.83. The molecule has 1 amide bonds. The lowest BCUT2D eigenvalue weighted by molar-refractivity contribution is 0.102. The van der Waals surface area contributed by atoms with Crippen molar-refractivity contribution in [1.82, 2.24) is 25.1 Å². The monoisotopic (exact) mass is 412 g/mol. The SMILES string of the molecule is CCc1ccc(NC(=O)c2nnc(CN3CCc4c([nH]c(=O)[nH]c4=O)C3)s2)cc1. The highest BCUT2D eigenvalue weighted by Crippen LogP contribution is 2.19. The fourth-order valence-corrected chi connectivity index (χ4v) is 4.05. The quantitative estimate of drug-likeness (QED) is 0.580. The number of aryl methyl sites for hydroxylation is 1. The van der Waals surface area contributed by atoms with Gasteiger partial charge in [-0.2, -0.15) is 0 Å².